The summed E-state index contributed by atoms with van der Waals surface area (Å²) >= 11 is 1.48. The topological polar surface area (TPSA) is 41.6 Å². The minimum atomic E-state index is 0.0170. The number of benzene rings is 1. The van der Waals surface area contributed by atoms with Gasteiger partial charge in [0, 0.05) is 6.54 Å². The predicted octanol–water partition coefficient (Wildman–Crippen LogP) is 4.10. The van der Waals surface area contributed by atoms with Crippen LogP contribution in [0.4, 0.5) is 0 Å². The lowest BCUT2D eigenvalue weighted by molar-refractivity contribution is 0.0937. The van der Waals surface area contributed by atoms with E-state index in [4.69, 9.17) is 4.74 Å². The number of thiophene rings is 1. The van der Waals surface area contributed by atoms with E-state index < -0.39 is 0 Å². The number of hydrogen-bond acceptors (Lipinski definition) is 4. The van der Waals surface area contributed by atoms with Crippen molar-refractivity contribution in [2.75, 3.05) is 26.7 Å². The first kappa shape index (κ1) is 18.0. The molecule has 0 spiro atoms. The van der Waals surface area contributed by atoms with E-state index in [0.717, 1.165) is 23.7 Å². The summed E-state index contributed by atoms with van der Waals surface area (Å²) in [7, 11) is 1.68. The minimum Gasteiger partial charge on any atom is -0.497 e. The van der Waals surface area contributed by atoms with E-state index in [-0.39, 0.29) is 11.9 Å². The third-order valence-electron chi connectivity index (χ3n) is 4.78. The first-order valence-electron chi connectivity index (χ1n) is 8.97. The fourth-order valence-corrected chi connectivity index (χ4v) is 4.01. The first-order chi connectivity index (χ1) is 12.3. The monoisotopic (exact) mass is 358 g/mol. The molecule has 1 aromatic carbocycles. The van der Waals surface area contributed by atoms with Crippen LogP contribution < -0.4 is 10.1 Å². The molecule has 3 rings (SSSR count). The van der Waals surface area contributed by atoms with Crippen LogP contribution in [0.15, 0.2) is 41.8 Å². The number of carbonyl (C=O) groups excluding carboxylic acids is 1. The van der Waals surface area contributed by atoms with Crippen molar-refractivity contribution in [2.45, 2.75) is 31.7 Å². The zero-order valence-electron chi connectivity index (χ0n) is 14.7. The Morgan fingerprint density at radius 3 is 2.48 bits per heavy atom. The smallest absolute Gasteiger partial charge is 0.261 e. The third kappa shape index (κ3) is 4.83. The van der Waals surface area contributed by atoms with Crippen LogP contribution >= 0.6 is 11.3 Å². The average molecular weight is 359 g/mol. The molecule has 0 unspecified atom stereocenters. The number of nitrogens with zero attached hydrogens (tertiary/aromatic N) is 1. The van der Waals surface area contributed by atoms with Gasteiger partial charge < -0.3 is 10.1 Å². The number of ether oxygens (including phenoxy) is 1. The summed E-state index contributed by atoms with van der Waals surface area (Å²) in [5, 5.41) is 5.06. The van der Waals surface area contributed by atoms with E-state index in [0.29, 0.717) is 6.54 Å². The highest BCUT2D eigenvalue weighted by molar-refractivity contribution is 7.12. The lowest BCUT2D eigenvalue weighted by atomic mass is 10.0. The Balaban J connectivity index is 1.74. The molecule has 2 aromatic rings. The number of amides is 1. The van der Waals surface area contributed by atoms with Gasteiger partial charge in [0.25, 0.3) is 5.91 Å². The van der Waals surface area contributed by atoms with E-state index >= 15 is 0 Å². The fraction of sp³-hybridized carbons (Fsp3) is 0.450. The molecule has 4 nitrogen and oxygen atoms in total. The molecule has 1 N–H and O–H groups in total. The van der Waals surface area contributed by atoms with Crippen molar-refractivity contribution in [1.29, 1.82) is 0 Å². The standard InChI is InChI=1S/C20H26N2O2S/c1-24-17-10-8-16(9-11-17)18(22-12-4-2-3-5-13-22)15-21-20(23)19-7-6-14-25-19/h6-11,14,18H,2-5,12-13,15H2,1H3,(H,21,23)/t18-/m0/s1. The number of likely N-dealkylation sites (tertiary alicyclic amines) is 1. The van der Waals surface area contributed by atoms with E-state index in [2.05, 4.69) is 22.3 Å². The van der Waals surface area contributed by atoms with Crippen LogP contribution in [0.1, 0.15) is 47.0 Å². The summed E-state index contributed by atoms with van der Waals surface area (Å²) in [6.45, 7) is 2.81. The van der Waals surface area contributed by atoms with Crippen molar-refractivity contribution in [2.24, 2.45) is 0 Å². The maximum absolute atomic E-state index is 12.4. The van der Waals surface area contributed by atoms with Gasteiger partial charge in [-0.1, -0.05) is 31.0 Å². The number of rotatable bonds is 6. The van der Waals surface area contributed by atoms with Crippen molar-refractivity contribution in [3.05, 3.63) is 52.2 Å². The van der Waals surface area contributed by atoms with Crippen molar-refractivity contribution in [1.82, 2.24) is 10.2 Å². The minimum absolute atomic E-state index is 0.0170. The van der Waals surface area contributed by atoms with Gasteiger partial charge in [0.05, 0.1) is 18.0 Å². The quantitative estimate of drug-likeness (QED) is 0.845. The highest BCUT2D eigenvalue weighted by Crippen LogP contribution is 2.25. The SMILES string of the molecule is COc1ccc([C@H](CNC(=O)c2cccs2)N2CCCCCC2)cc1. The second-order valence-electron chi connectivity index (χ2n) is 6.43. The molecule has 0 radical (unpaired) electrons. The summed E-state index contributed by atoms with van der Waals surface area (Å²) in [6, 6.07) is 12.2. The molecule has 1 saturated heterocycles. The molecular weight excluding hydrogens is 332 g/mol. The van der Waals surface area contributed by atoms with Crippen molar-refractivity contribution < 1.29 is 9.53 Å². The van der Waals surface area contributed by atoms with Gasteiger partial charge in [0.2, 0.25) is 0 Å². The second-order valence-corrected chi connectivity index (χ2v) is 7.37. The molecule has 1 fully saturated rings. The van der Waals surface area contributed by atoms with Gasteiger partial charge in [-0.2, -0.15) is 0 Å². The molecule has 134 valence electrons. The van der Waals surface area contributed by atoms with Gasteiger partial charge in [-0.05, 0) is 55.1 Å². The van der Waals surface area contributed by atoms with Crippen LogP contribution in [0.2, 0.25) is 0 Å². The first-order valence-corrected chi connectivity index (χ1v) is 9.85. The molecule has 1 aliphatic rings. The molecule has 1 aliphatic heterocycles. The van der Waals surface area contributed by atoms with Gasteiger partial charge in [0.15, 0.2) is 0 Å². The average Bonchev–Trinajstić information content (AvgIpc) is 3.06. The van der Waals surface area contributed by atoms with E-state index in [1.807, 2.05) is 29.6 Å². The molecular formula is C20H26N2O2S. The van der Waals surface area contributed by atoms with Crippen molar-refractivity contribution in [3.8, 4) is 5.75 Å². The van der Waals surface area contributed by atoms with E-state index in [1.54, 1.807) is 7.11 Å². The van der Waals surface area contributed by atoms with Gasteiger partial charge >= 0.3 is 0 Å². The number of nitrogens with one attached hydrogen (secondary N) is 1. The lowest BCUT2D eigenvalue weighted by Gasteiger charge is -2.31. The van der Waals surface area contributed by atoms with Gasteiger partial charge in [0.1, 0.15) is 5.75 Å². The normalized spacial score (nSPS) is 16.8. The Labute approximate surface area is 153 Å². The summed E-state index contributed by atoms with van der Waals surface area (Å²) in [5.74, 6) is 0.879. The Morgan fingerprint density at radius 1 is 1.16 bits per heavy atom. The number of hydrogen-bond donors (Lipinski definition) is 1. The summed E-state index contributed by atoms with van der Waals surface area (Å²) < 4.78 is 5.28. The molecule has 5 heteroatoms. The maximum Gasteiger partial charge on any atom is 0.261 e. The van der Waals surface area contributed by atoms with Crippen LogP contribution in [0.3, 0.4) is 0 Å². The molecule has 2 heterocycles. The molecule has 1 amide bonds. The number of carbonyl (C=O) groups is 1. The second kappa shape index (κ2) is 9.02. The van der Waals surface area contributed by atoms with Gasteiger partial charge in [-0.3, -0.25) is 9.69 Å². The van der Waals surface area contributed by atoms with Crippen LogP contribution in [-0.2, 0) is 0 Å². The third-order valence-corrected chi connectivity index (χ3v) is 5.65. The Kier molecular flexibility index (Phi) is 6.48. The molecule has 0 bridgehead atoms. The Bertz CT molecular complexity index is 647. The summed E-state index contributed by atoms with van der Waals surface area (Å²) in [4.78, 5) is 15.6. The van der Waals surface area contributed by atoms with Crippen molar-refractivity contribution in [3.63, 3.8) is 0 Å². The van der Waals surface area contributed by atoms with Gasteiger partial charge in [-0.25, -0.2) is 0 Å². The zero-order valence-corrected chi connectivity index (χ0v) is 15.6. The van der Waals surface area contributed by atoms with Crippen molar-refractivity contribution >= 4 is 17.2 Å². The Hall–Kier alpha value is -1.85. The van der Waals surface area contributed by atoms with E-state index in [9.17, 15) is 4.79 Å². The summed E-state index contributed by atoms with van der Waals surface area (Å²) in [6.07, 6.45) is 5.05. The van der Waals surface area contributed by atoms with Crippen LogP contribution in [-0.4, -0.2) is 37.6 Å². The fourth-order valence-electron chi connectivity index (χ4n) is 3.37. The Morgan fingerprint density at radius 2 is 1.88 bits per heavy atom. The molecule has 0 aliphatic carbocycles. The molecule has 1 aromatic heterocycles. The van der Waals surface area contributed by atoms with E-state index in [1.165, 1.54) is 42.6 Å². The predicted molar refractivity (Wildman–Crippen MR) is 102 cm³/mol. The van der Waals surface area contributed by atoms with Crippen LogP contribution in [0, 0.1) is 0 Å². The van der Waals surface area contributed by atoms with Gasteiger partial charge in [-0.15, -0.1) is 11.3 Å². The summed E-state index contributed by atoms with van der Waals surface area (Å²) in [5.41, 5.74) is 1.23. The molecule has 0 saturated carbocycles. The highest BCUT2D eigenvalue weighted by atomic mass is 32.1. The highest BCUT2D eigenvalue weighted by Gasteiger charge is 2.22. The molecule has 1 atom stereocenters. The zero-order chi connectivity index (χ0) is 17.5. The molecule has 25 heavy (non-hydrogen) atoms. The largest absolute Gasteiger partial charge is 0.497 e. The van der Waals surface area contributed by atoms with Crippen LogP contribution in [0.5, 0.6) is 5.75 Å². The maximum atomic E-state index is 12.4. The van der Waals surface area contributed by atoms with Crippen LogP contribution in [0.25, 0.3) is 0 Å². The lowest BCUT2D eigenvalue weighted by Crippen LogP contribution is -2.38. The number of methoxy groups -OCH3 is 1.